The highest BCUT2D eigenvalue weighted by atomic mass is 19.4. The second-order valence-corrected chi connectivity index (χ2v) is 7.68. The molecule has 0 aromatic heterocycles. The Morgan fingerprint density at radius 1 is 1.07 bits per heavy atom. The van der Waals surface area contributed by atoms with Crippen LogP contribution in [0.1, 0.15) is 77.3 Å². The molecule has 1 saturated carbocycles. The lowest BCUT2D eigenvalue weighted by atomic mass is 9.68. The summed E-state index contributed by atoms with van der Waals surface area (Å²) < 4.78 is 36.7. The third-order valence-corrected chi connectivity index (χ3v) is 4.99. The SMILES string of the molecule is CC(F)(F)F.CCCC1(C(C)=O)CCC(OCC)CC1.Cc1ccc(C)cc1. The first kappa shape index (κ1) is 26.6. The highest BCUT2D eigenvalue weighted by molar-refractivity contribution is 5.82. The molecule has 0 bridgehead atoms. The number of carbonyl (C=O) groups excluding carboxylic acids is 1. The van der Waals surface area contributed by atoms with Crippen LogP contribution in [-0.2, 0) is 9.53 Å². The predicted molar refractivity (Wildman–Crippen MR) is 110 cm³/mol. The Labute approximate surface area is 168 Å². The lowest BCUT2D eigenvalue weighted by Crippen LogP contribution is -2.36. The van der Waals surface area contributed by atoms with Crippen LogP contribution in [0.15, 0.2) is 24.3 Å². The number of carbonyl (C=O) groups is 1. The van der Waals surface area contributed by atoms with E-state index >= 15 is 0 Å². The van der Waals surface area contributed by atoms with Crippen LogP contribution in [0.5, 0.6) is 0 Å². The third-order valence-electron chi connectivity index (χ3n) is 4.99. The van der Waals surface area contributed by atoms with Crippen LogP contribution in [0.25, 0.3) is 0 Å². The summed E-state index contributed by atoms with van der Waals surface area (Å²) in [5.74, 6) is 0.388. The van der Waals surface area contributed by atoms with Gasteiger partial charge in [-0.3, -0.25) is 4.79 Å². The highest BCUT2D eigenvalue weighted by Gasteiger charge is 2.38. The van der Waals surface area contributed by atoms with Crippen molar-refractivity contribution in [3.05, 3.63) is 35.4 Å². The summed E-state index contributed by atoms with van der Waals surface area (Å²) in [6, 6.07) is 8.48. The Kier molecular flexibility index (Phi) is 12.3. The quantitative estimate of drug-likeness (QED) is 0.520. The van der Waals surface area contributed by atoms with Crippen molar-refractivity contribution in [3.8, 4) is 0 Å². The lowest BCUT2D eigenvalue weighted by molar-refractivity contribution is -0.131. The molecule has 5 heteroatoms. The zero-order chi connectivity index (χ0) is 21.8. The standard InChI is InChI=1S/C13H24O2.C8H10.C2H3F3/c1-4-8-13(11(3)14)9-6-12(7-10-13)15-5-2;1-7-3-5-8(2)6-4-7;1-2(3,4)5/h12H,4-10H2,1-3H3;3-6H,1-2H3;1H3. The monoisotopic (exact) mass is 402 g/mol. The molecule has 0 atom stereocenters. The zero-order valence-electron chi connectivity index (χ0n) is 18.3. The number of hydrogen-bond donors (Lipinski definition) is 0. The van der Waals surface area contributed by atoms with Crippen LogP contribution in [0.4, 0.5) is 13.2 Å². The summed E-state index contributed by atoms with van der Waals surface area (Å²) in [5.41, 5.74) is 2.65. The molecule has 2 nitrogen and oxygen atoms in total. The van der Waals surface area contributed by atoms with Crippen LogP contribution >= 0.6 is 0 Å². The molecule has 162 valence electrons. The van der Waals surface area contributed by atoms with E-state index in [0.29, 0.717) is 11.9 Å². The number of alkyl halides is 3. The Morgan fingerprint density at radius 3 is 1.75 bits per heavy atom. The molecule has 0 aliphatic heterocycles. The molecule has 1 fully saturated rings. The number of rotatable bonds is 5. The topological polar surface area (TPSA) is 26.3 Å². The average Bonchev–Trinajstić information content (AvgIpc) is 2.59. The summed E-state index contributed by atoms with van der Waals surface area (Å²) >= 11 is 0. The van der Waals surface area contributed by atoms with E-state index in [1.54, 1.807) is 6.92 Å². The smallest absolute Gasteiger partial charge is 0.379 e. The van der Waals surface area contributed by atoms with Crippen LogP contribution in [0.2, 0.25) is 0 Å². The van der Waals surface area contributed by atoms with E-state index in [-0.39, 0.29) is 12.3 Å². The van der Waals surface area contributed by atoms with Gasteiger partial charge in [-0.2, -0.15) is 13.2 Å². The number of Topliss-reactive ketones (excluding diaryl/α,β-unsaturated/α-hetero) is 1. The summed E-state index contributed by atoms with van der Waals surface area (Å²) in [4.78, 5) is 11.7. The van der Waals surface area contributed by atoms with E-state index in [1.807, 2.05) is 6.92 Å². The lowest BCUT2D eigenvalue weighted by Gasteiger charge is -2.38. The van der Waals surface area contributed by atoms with Crippen molar-refractivity contribution in [2.75, 3.05) is 6.61 Å². The van der Waals surface area contributed by atoms with Crippen LogP contribution in [0.3, 0.4) is 0 Å². The van der Waals surface area contributed by atoms with Gasteiger partial charge in [0.15, 0.2) is 0 Å². The summed E-state index contributed by atoms with van der Waals surface area (Å²) in [6.07, 6.45) is 2.75. The molecule has 1 aliphatic rings. The molecular weight excluding hydrogens is 365 g/mol. The molecule has 0 spiro atoms. The van der Waals surface area contributed by atoms with E-state index < -0.39 is 6.18 Å². The molecule has 0 unspecified atom stereocenters. The van der Waals surface area contributed by atoms with Crippen molar-refractivity contribution in [3.63, 3.8) is 0 Å². The number of hydrogen-bond acceptors (Lipinski definition) is 2. The van der Waals surface area contributed by atoms with E-state index in [1.165, 1.54) is 11.1 Å². The van der Waals surface area contributed by atoms with Gasteiger partial charge in [0.2, 0.25) is 0 Å². The fourth-order valence-corrected chi connectivity index (χ4v) is 3.44. The fraction of sp³-hybridized carbons (Fsp3) is 0.696. The molecular formula is C23H37F3O2. The van der Waals surface area contributed by atoms with Crippen molar-refractivity contribution in [1.29, 1.82) is 0 Å². The maximum Gasteiger partial charge on any atom is 0.386 e. The molecule has 0 amide bonds. The number of ketones is 1. The minimum Gasteiger partial charge on any atom is -0.379 e. The van der Waals surface area contributed by atoms with Gasteiger partial charge in [-0.1, -0.05) is 48.7 Å². The number of ether oxygens (including phenoxy) is 1. The van der Waals surface area contributed by atoms with Gasteiger partial charge in [0.05, 0.1) is 6.10 Å². The Morgan fingerprint density at radius 2 is 1.46 bits per heavy atom. The van der Waals surface area contributed by atoms with Crippen LogP contribution in [-0.4, -0.2) is 24.7 Å². The molecule has 0 heterocycles. The number of benzene rings is 1. The van der Waals surface area contributed by atoms with Gasteiger partial charge in [-0.25, -0.2) is 0 Å². The molecule has 0 N–H and O–H groups in total. The molecule has 0 radical (unpaired) electrons. The van der Waals surface area contributed by atoms with Gasteiger partial charge in [0.1, 0.15) is 5.78 Å². The maximum atomic E-state index is 11.7. The van der Waals surface area contributed by atoms with E-state index in [9.17, 15) is 18.0 Å². The van der Waals surface area contributed by atoms with Crippen LogP contribution in [0, 0.1) is 19.3 Å². The van der Waals surface area contributed by atoms with Gasteiger partial charge < -0.3 is 4.74 Å². The van der Waals surface area contributed by atoms with Crippen LogP contribution < -0.4 is 0 Å². The zero-order valence-corrected chi connectivity index (χ0v) is 18.3. The maximum absolute atomic E-state index is 11.7. The van der Waals surface area contributed by atoms with Crippen molar-refractivity contribution in [2.45, 2.75) is 92.3 Å². The van der Waals surface area contributed by atoms with Gasteiger partial charge in [-0.05, 0) is 59.8 Å². The van der Waals surface area contributed by atoms with Crippen molar-refractivity contribution in [1.82, 2.24) is 0 Å². The Balaban J connectivity index is 0.000000466. The molecule has 2 rings (SSSR count). The van der Waals surface area contributed by atoms with Gasteiger partial charge in [-0.15, -0.1) is 0 Å². The van der Waals surface area contributed by atoms with Crippen molar-refractivity contribution >= 4 is 5.78 Å². The van der Waals surface area contributed by atoms with Gasteiger partial charge in [0, 0.05) is 18.9 Å². The number of aryl methyl sites for hydroxylation is 2. The first-order valence-corrected chi connectivity index (χ1v) is 10.2. The molecule has 0 saturated heterocycles. The number of halogens is 3. The second kappa shape index (κ2) is 13.0. The first-order valence-electron chi connectivity index (χ1n) is 10.2. The first-order chi connectivity index (χ1) is 12.9. The minimum absolute atomic E-state index is 0.0116. The van der Waals surface area contributed by atoms with E-state index in [4.69, 9.17) is 4.74 Å². The summed E-state index contributed by atoms with van der Waals surface area (Å²) in [6.45, 7) is 11.1. The summed E-state index contributed by atoms with van der Waals surface area (Å²) in [5, 5.41) is 0. The van der Waals surface area contributed by atoms with Crippen molar-refractivity contribution in [2.24, 2.45) is 5.41 Å². The largest absolute Gasteiger partial charge is 0.386 e. The molecule has 1 aliphatic carbocycles. The third kappa shape index (κ3) is 12.2. The second-order valence-electron chi connectivity index (χ2n) is 7.68. The highest BCUT2D eigenvalue weighted by Crippen LogP contribution is 2.41. The normalized spacial score (nSPS) is 21.7. The van der Waals surface area contributed by atoms with Gasteiger partial charge in [0.25, 0.3) is 0 Å². The minimum atomic E-state index is -4.00. The average molecular weight is 403 g/mol. The summed E-state index contributed by atoms with van der Waals surface area (Å²) in [7, 11) is 0. The molecule has 1 aromatic rings. The van der Waals surface area contributed by atoms with E-state index in [0.717, 1.165) is 45.1 Å². The van der Waals surface area contributed by atoms with E-state index in [2.05, 4.69) is 45.0 Å². The fourth-order valence-electron chi connectivity index (χ4n) is 3.44. The predicted octanol–water partition coefficient (Wildman–Crippen LogP) is 7.21. The van der Waals surface area contributed by atoms with Crippen molar-refractivity contribution < 1.29 is 22.7 Å². The Hall–Kier alpha value is -1.36. The molecule has 1 aromatic carbocycles. The Bertz CT molecular complexity index is 515. The molecule has 28 heavy (non-hydrogen) atoms. The van der Waals surface area contributed by atoms with Gasteiger partial charge >= 0.3 is 6.18 Å².